The third kappa shape index (κ3) is 3.75. The zero-order valence-corrected chi connectivity index (χ0v) is 18.5. The molecule has 0 aromatic heterocycles. The lowest BCUT2D eigenvalue weighted by Crippen LogP contribution is -2.30. The number of rotatable bonds is 5. The van der Waals surface area contributed by atoms with Gasteiger partial charge in [-0.2, -0.15) is 0 Å². The molecule has 5 rings (SSSR count). The van der Waals surface area contributed by atoms with E-state index in [9.17, 15) is 19.2 Å². The summed E-state index contributed by atoms with van der Waals surface area (Å²) in [7, 11) is 0. The quantitative estimate of drug-likeness (QED) is 0.331. The van der Waals surface area contributed by atoms with Gasteiger partial charge in [0.15, 0.2) is 0 Å². The summed E-state index contributed by atoms with van der Waals surface area (Å²) in [5.74, 6) is -1.62. The van der Waals surface area contributed by atoms with Gasteiger partial charge in [-0.25, -0.2) is 4.90 Å². The lowest BCUT2D eigenvalue weighted by molar-refractivity contribution is -0.139. The van der Waals surface area contributed by atoms with Gasteiger partial charge in [-0.05, 0) is 48.9 Å². The molecule has 2 atom stereocenters. The highest BCUT2D eigenvalue weighted by Crippen LogP contribution is 2.31. The highest BCUT2D eigenvalue weighted by atomic mass is 16.5. The monoisotopic (exact) mass is 454 g/mol. The molecule has 3 aromatic carbocycles. The van der Waals surface area contributed by atoms with Crippen LogP contribution in [0.15, 0.2) is 78.9 Å². The Labute approximate surface area is 196 Å². The Morgan fingerprint density at radius 1 is 0.853 bits per heavy atom. The fourth-order valence-corrected chi connectivity index (χ4v) is 4.46. The molecule has 2 aliphatic heterocycles. The van der Waals surface area contributed by atoms with Crippen LogP contribution < -0.4 is 9.64 Å². The lowest BCUT2D eigenvalue weighted by atomic mass is 10.1. The van der Waals surface area contributed by atoms with Gasteiger partial charge in [0.05, 0.1) is 28.8 Å². The van der Waals surface area contributed by atoms with Crippen molar-refractivity contribution in [3.05, 3.63) is 95.6 Å². The van der Waals surface area contributed by atoms with Crippen molar-refractivity contribution in [3.8, 4) is 5.75 Å². The van der Waals surface area contributed by atoms with Gasteiger partial charge >= 0.3 is 5.97 Å². The van der Waals surface area contributed by atoms with Crippen LogP contribution in [0.25, 0.3) is 0 Å². The van der Waals surface area contributed by atoms with Gasteiger partial charge in [-0.1, -0.05) is 42.5 Å². The Bertz CT molecular complexity index is 1250. The number of ether oxygens (including phenoxy) is 1. The van der Waals surface area contributed by atoms with Crippen molar-refractivity contribution in [1.29, 1.82) is 0 Å². The van der Waals surface area contributed by atoms with E-state index in [-0.39, 0.29) is 35.9 Å². The Balaban J connectivity index is 1.24. The number of anilines is 1. The fourth-order valence-electron chi connectivity index (χ4n) is 4.46. The largest absolute Gasteiger partial charge is 0.426 e. The minimum absolute atomic E-state index is 0.0840. The van der Waals surface area contributed by atoms with Crippen molar-refractivity contribution >= 4 is 29.4 Å². The summed E-state index contributed by atoms with van der Waals surface area (Å²) in [6.45, 7) is 2.24. The van der Waals surface area contributed by atoms with Crippen LogP contribution in [0.3, 0.4) is 0 Å². The summed E-state index contributed by atoms with van der Waals surface area (Å²) < 4.78 is 5.51. The molecule has 2 heterocycles. The van der Waals surface area contributed by atoms with Crippen molar-refractivity contribution < 1.29 is 23.9 Å². The van der Waals surface area contributed by atoms with Gasteiger partial charge < -0.3 is 9.64 Å². The number of fused-ring (bicyclic) bond motifs is 1. The fraction of sp³-hybridized carbons (Fsp3) is 0.185. The van der Waals surface area contributed by atoms with Gasteiger partial charge in [0.1, 0.15) is 5.75 Å². The van der Waals surface area contributed by atoms with E-state index in [0.717, 1.165) is 10.5 Å². The van der Waals surface area contributed by atoms with Crippen molar-refractivity contribution in [2.45, 2.75) is 19.4 Å². The normalized spacial score (nSPS) is 18.3. The third-order valence-corrected chi connectivity index (χ3v) is 6.35. The molecule has 0 spiro atoms. The molecule has 0 bridgehead atoms. The number of likely N-dealkylation sites (tertiary alicyclic amines) is 1. The maximum atomic E-state index is 12.7. The predicted octanol–water partition coefficient (Wildman–Crippen LogP) is 4.00. The maximum absolute atomic E-state index is 12.7. The Hall–Kier alpha value is -4.26. The second kappa shape index (κ2) is 8.59. The summed E-state index contributed by atoms with van der Waals surface area (Å²) in [4.78, 5) is 53.4. The zero-order chi connectivity index (χ0) is 23.8. The van der Waals surface area contributed by atoms with Crippen LogP contribution in [0, 0.1) is 5.92 Å². The molecule has 0 saturated carbocycles. The molecule has 1 fully saturated rings. The summed E-state index contributed by atoms with van der Waals surface area (Å²) in [6, 6.07) is 22.4. The minimum atomic E-state index is -0.561. The molecule has 7 nitrogen and oxygen atoms in total. The summed E-state index contributed by atoms with van der Waals surface area (Å²) in [5, 5.41) is 0. The second-order valence-corrected chi connectivity index (χ2v) is 8.44. The maximum Gasteiger partial charge on any atom is 0.316 e. The third-order valence-electron chi connectivity index (χ3n) is 6.35. The molecule has 34 heavy (non-hydrogen) atoms. The smallest absolute Gasteiger partial charge is 0.316 e. The van der Waals surface area contributed by atoms with E-state index in [1.165, 1.54) is 12.1 Å². The molecule has 7 heteroatoms. The molecule has 2 aliphatic rings. The SMILES string of the molecule is C[C@@H](c1ccccc1)N1C[C@@H](C(=O)Oc2ccc(N3C(=O)c4ccccc4C3=O)cc2)CC1=O. The van der Waals surface area contributed by atoms with Crippen molar-refractivity contribution in [3.63, 3.8) is 0 Å². The van der Waals surface area contributed by atoms with E-state index in [1.807, 2.05) is 37.3 Å². The number of nitrogens with zero attached hydrogens (tertiary/aromatic N) is 2. The van der Waals surface area contributed by atoms with E-state index in [4.69, 9.17) is 4.74 Å². The van der Waals surface area contributed by atoms with Crippen LogP contribution in [0.5, 0.6) is 5.75 Å². The van der Waals surface area contributed by atoms with E-state index in [2.05, 4.69) is 0 Å². The number of carbonyl (C=O) groups excluding carboxylic acids is 4. The van der Waals surface area contributed by atoms with E-state index < -0.39 is 11.9 Å². The van der Waals surface area contributed by atoms with Crippen molar-refractivity contribution in [2.24, 2.45) is 5.92 Å². The first-order chi connectivity index (χ1) is 16.4. The summed E-state index contributed by atoms with van der Waals surface area (Å²) in [5.41, 5.74) is 2.13. The highest BCUT2D eigenvalue weighted by Gasteiger charge is 2.39. The molecule has 0 aliphatic carbocycles. The molecule has 1 saturated heterocycles. The van der Waals surface area contributed by atoms with Gasteiger partial charge in [0.25, 0.3) is 11.8 Å². The molecule has 170 valence electrons. The Morgan fingerprint density at radius 3 is 2.06 bits per heavy atom. The Morgan fingerprint density at radius 2 is 1.44 bits per heavy atom. The van der Waals surface area contributed by atoms with Crippen LogP contribution in [0.2, 0.25) is 0 Å². The van der Waals surface area contributed by atoms with Gasteiger partial charge in [-0.15, -0.1) is 0 Å². The van der Waals surface area contributed by atoms with Crippen LogP contribution in [-0.2, 0) is 9.59 Å². The number of imide groups is 1. The topological polar surface area (TPSA) is 84.0 Å². The number of hydrogen-bond acceptors (Lipinski definition) is 5. The number of amides is 3. The first-order valence-corrected chi connectivity index (χ1v) is 11.1. The number of carbonyl (C=O) groups is 4. The summed E-state index contributed by atoms with van der Waals surface area (Å²) in [6.07, 6.45) is 0.100. The number of esters is 1. The number of hydrogen-bond donors (Lipinski definition) is 0. The highest BCUT2D eigenvalue weighted by molar-refractivity contribution is 6.34. The predicted molar refractivity (Wildman–Crippen MR) is 124 cm³/mol. The Kier molecular flexibility index (Phi) is 5.45. The van der Waals surface area contributed by atoms with Gasteiger partial charge in [0, 0.05) is 13.0 Å². The van der Waals surface area contributed by atoms with Crippen molar-refractivity contribution in [2.75, 3.05) is 11.4 Å². The molecule has 3 amide bonds. The lowest BCUT2D eigenvalue weighted by Gasteiger charge is -2.25. The molecular weight excluding hydrogens is 432 g/mol. The average molecular weight is 454 g/mol. The molecule has 0 radical (unpaired) electrons. The van der Waals surface area contributed by atoms with Gasteiger partial charge in [0.2, 0.25) is 5.91 Å². The number of benzene rings is 3. The summed E-state index contributed by atoms with van der Waals surface area (Å²) >= 11 is 0. The van der Waals surface area contributed by atoms with Crippen molar-refractivity contribution in [1.82, 2.24) is 4.90 Å². The zero-order valence-electron chi connectivity index (χ0n) is 18.5. The van der Waals surface area contributed by atoms with E-state index in [1.54, 1.807) is 41.3 Å². The van der Waals surface area contributed by atoms with E-state index in [0.29, 0.717) is 23.4 Å². The standard InChI is InChI=1S/C27H22N2O5/c1-17(18-7-3-2-4-8-18)28-16-19(15-24(28)30)27(33)34-21-13-11-20(12-14-21)29-25(31)22-9-5-6-10-23(22)26(29)32/h2-14,17,19H,15-16H2,1H3/t17-,19-/m0/s1. The van der Waals surface area contributed by atoms with Gasteiger partial charge in [-0.3, -0.25) is 19.2 Å². The molecule has 3 aromatic rings. The average Bonchev–Trinajstić information content (AvgIpc) is 3.37. The first kappa shape index (κ1) is 21.6. The second-order valence-electron chi connectivity index (χ2n) is 8.44. The minimum Gasteiger partial charge on any atom is -0.426 e. The van der Waals surface area contributed by atoms with E-state index >= 15 is 0 Å². The molecule has 0 N–H and O–H groups in total. The van der Waals surface area contributed by atoms with Crippen LogP contribution in [0.4, 0.5) is 5.69 Å². The molecular formula is C27H22N2O5. The van der Waals surface area contributed by atoms with Crippen LogP contribution in [-0.4, -0.2) is 35.1 Å². The first-order valence-electron chi connectivity index (χ1n) is 11.1. The van der Waals surface area contributed by atoms with Crippen LogP contribution >= 0.6 is 0 Å². The van der Waals surface area contributed by atoms with Crippen LogP contribution in [0.1, 0.15) is 45.7 Å². The molecule has 0 unspecified atom stereocenters.